The zero-order chi connectivity index (χ0) is 22.8. The van der Waals surface area contributed by atoms with Gasteiger partial charge in [0.25, 0.3) is 0 Å². The van der Waals surface area contributed by atoms with Gasteiger partial charge in [0.15, 0.2) is 23.0 Å². The van der Waals surface area contributed by atoms with Crippen molar-refractivity contribution < 1.29 is 33.3 Å². The van der Waals surface area contributed by atoms with Crippen LogP contribution in [0.5, 0.6) is 23.0 Å². The molecule has 0 aliphatic rings. The molecule has 31 heavy (non-hydrogen) atoms. The van der Waals surface area contributed by atoms with E-state index in [4.69, 9.17) is 23.7 Å². The minimum absolute atomic E-state index is 0.0135. The summed E-state index contributed by atoms with van der Waals surface area (Å²) in [7, 11) is 6.11. The van der Waals surface area contributed by atoms with E-state index in [0.717, 1.165) is 0 Å². The quantitative estimate of drug-likeness (QED) is 0.458. The van der Waals surface area contributed by atoms with Gasteiger partial charge in [-0.25, -0.2) is 4.79 Å². The van der Waals surface area contributed by atoms with E-state index in [-0.39, 0.29) is 24.6 Å². The van der Waals surface area contributed by atoms with E-state index >= 15 is 0 Å². The molecule has 0 radical (unpaired) electrons. The van der Waals surface area contributed by atoms with Gasteiger partial charge in [-0.1, -0.05) is 12.1 Å². The van der Waals surface area contributed by atoms with Crippen molar-refractivity contribution in [2.75, 3.05) is 35.0 Å². The fraction of sp³-hybridized carbons (Fsp3) is 0.304. The maximum absolute atomic E-state index is 12.6. The van der Waals surface area contributed by atoms with Crippen LogP contribution in [0.15, 0.2) is 42.1 Å². The number of hydrogen-bond acceptors (Lipinski definition) is 7. The van der Waals surface area contributed by atoms with Crippen molar-refractivity contribution in [2.24, 2.45) is 0 Å². The van der Waals surface area contributed by atoms with Gasteiger partial charge in [-0.3, -0.25) is 4.79 Å². The highest BCUT2D eigenvalue weighted by molar-refractivity contribution is 5.98. The summed E-state index contributed by atoms with van der Waals surface area (Å²) in [5, 5.41) is 2.63. The summed E-state index contributed by atoms with van der Waals surface area (Å²) in [6.07, 6.45) is 1.55. The SMILES string of the molecule is CCOC(=O)/C(=C\c1ccc(OC)c(OC)c1)NC(=O)Cc1ccc(OC)c(OC)c1. The fourth-order valence-electron chi connectivity index (χ4n) is 2.83. The monoisotopic (exact) mass is 429 g/mol. The van der Waals surface area contributed by atoms with Crippen molar-refractivity contribution in [3.63, 3.8) is 0 Å². The highest BCUT2D eigenvalue weighted by Gasteiger charge is 2.16. The first-order valence-electron chi connectivity index (χ1n) is 9.57. The molecule has 0 spiro atoms. The number of hydrogen-bond donors (Lipinski definition) is 1. The molecule has 0 aliphatic heterocycles. The molecular weight excluding hydrogens is 402 g/mol. The van der Waals surface area contributed by atoms with Crippen LogP contribution in [-0.4, -0.2) is 46.9 Å². The Balaban J connectivity index is 2.25. The molecule has 2 aromatic carbocycles. The molecular formula is C23H27NO7. The molecule has 1 N–H and O–H groups in total. The van der Waals surface area contributed by atoms with Gasteiger partial charge >= 0.3 is 5.97 Å². The number of carbonyl (C=O) groups is 2. The molecule has 0 aromatic heterocycles. The second kappa shape index (κ2) is 11.5. The highest BCUT2D eigenvalue weighted by atomic mass is 16.5. The molecule has 0 fully saturated rings. The molecule has 8 heteroatoms. The molecule has 0 atom stereocenters. The Labute approximate surface area is 181 Å². The van der Waals surface area contributed by atoms with Crippen LogP contribution in [0.2, 0.25) is 0 Å². The number of methoxy groups -OCH3 is 4. The van der Waals surface area contributed by atoms with Gasteiger partial charge in [0, 0.05) is 0 Å². The average molecular weight is 429 g/mol. The lowest BCUT2D eigenvalue weighted by Crippen LogP contribution is -2.29. The summed E-state index contributed by atoms with van der Waals surface area (Å²) in [6.45, 7) is 1.87. The molecule has 166 valence electrons. The Morgan fingerprint density at radius 3 is 2.00 bits per heavy atom. The molecule has 0 heterocycles. The Bertz CT molecular complexity index is 953. The molecule has 1 amide bonds. The highest BCUT2D eigenvalue weighted by Crippen LogP contribution is 2.29. The largest absolute Gasteiger partial charge is 0.493 e. The van der Waals surface area contributed by atoms with E-state index in [9.17, 15) is 9.59 Å². The van der Waals surface area contributed by atoms with Crippen molar-refractivity contribution in [3.05, 3.63) is 53.2 Å². The van der Waals surface area contributed by atoms with Crippen molar-refractivity contribution in [2.45, 2.75) is 13.3 Å². The minimum atomic E-state index is -0.641. The smallest absolute Gasteiger partial charge is 0.354 e. The van der Waals surface area contributed by atoms with Crippen LogP contribution in [0, 0.1) is 0 Å². The predicted molar refractivity (Wildman–Crippen MR) is 116 cm³/mol. The first kappa shape index (κ1) is 23.6. The van der Waals surface area contributed by atoms with E-state index in [1.54, 1.807) is 43.3 Å². The van der Waals surface area contributed by atoms with Gasteiger partial charge in [-0.15, -0.1) is 0 Å². The van der Waals surface area contributed by atoms with Crippen molar-refractivity contribution in [1.82, 2.24) is 5.32 Å². The number of ether oxygens (including phenoxy) is 5. The number of carbonyl (C=O) groups excluding carboxylic acids is 2. The van der Waals surface area contributed by atoms with Crippen LogP contribution >= 0.6 is 0 Å². The van der Waals surface area contributed by atoms with Crippen LogP contribution < -0.4 is 24.3 Å². The minimum Gasteiger partial charge on any atom is -0.493 e. The number of esters is 1. The molecule has 2 aromatic rings. The Kier molecular flexibility index (Phi) is 8.75. The zero-order valence-corrected chi connectivity index (χ0v) is 18.3. The third kappa shape index (κ3) is 6.40. The second-order valence-corrected chi connectivity index (χ2v) is 6.31. The number of nitrogens with one attached hydrogen (secondary N) is 1. The van der Waals surface area contributed by atoms with E-state index in [1.165, 1.54) is 34.5 Å². The maximum atomic E-state index is 12.6. The summed E-state index contributed by atoms with van der Waals surface area (Å²) in [6, 6.07) is 10.3. The summed E-state index contributed by atoms with van der Waals surface area (Å²) in [5.41, 5.74) is 1.34. The second-order valence-electron chi connectivity index (χ2n) is 6.31. The van der Waals surface area contributed by atoms with Crippen molar-refractivity contribution in [1.29, 1.82) is 0 Å². The molecule has 2 rings (SSSR count). The van der Waals surface area contributed by atoms with Crippen molar-refractivity contribution >= 4 is 18.0 Å². The number of amides is 1. The topological polar surface area (TPSA) is 92.3 Å². The van der Waals surface area contributed by atoms with E-state index < -0.39 is 5.97 Å². The van der Waals surface area contributed by atoms with Crippen LogP contribution in [0.3, 0.4) is 0 Å². The average Bonchev–Trinajstić information content (AvgIpc) is 2.78. The summed E-state index contributed by atoms with van der Waals surface area (Å²) >= 11 is 0. The lowest BCUT2D eigenvalue weighted by Gasteiger charge is -2.12. The number of rotatable bonds is 10. The molecule has 0 unspecified atom stereocenters. The van der Waals surface area contributed by atoms with Crippen molar-refractivity contribution in [3.8, 4) is 23.0 Å². The van der Waals surface area contributed by atoms with Gasteiger partial charge < -0.3 is 29.0 Å². The molecule has 0 aliphatic carbocycles. The van der Waals surface area contributed by atoms with Crippen LogP contribution in [0.4, 0.5) is 0 Å². The summed E-state index contributed by atoms with van der Waals surface area (Å²) in [5.74, 6) is 1.10. The fourth-order valence-corrected chi connectivity index (χ4v) is 2.83. The summed E-state index contributed by atoms with van der Waals surface area (Å²) in [4.78, 5) is 25.0. The van der Waals surface area contributed by atoms with Gasteiger partial charge in [0.05, 0.1) is 41.5 Å². The van der Waals surface area contributed by atoms with E-state index in [2.05, 4.69) is 5.32 Å². The van der Waals surface area contributed by atoms with Crippen LogP contribution in [0.1, 0.15) is 18.1 Å². The van der Waals surface area contributed by atoms with Crippen LogP contribution in [0.25, 0.3) is 6.08 Å². The standard InChI is InChI=1S/C23H27NO7/c1-6-31-23(26)17(11-15-7-9-18(27-2)20(12-15)29-4)24-22(25)14-16-8-10-19(28-3)21(13-16)30-5/h7-13H,6,14H2,1-5H3,(H,24,25)/b17-11+. The Morgan fingerprint density at radius 2 is 1.42 bits per heavy atom. The first-order chi connectivity index (χ1) is 14.9. The molecule has 0 bridgehead atoms. The van der Waals surface area contributed by atoms with Gasteiger partial charge in [0.1, 0.15) is 5.70 Å². The lowest BCUT2D eigenvalue weighted by molar-refractivity contribution is -0.139. The predicted octanol–water partition coefficient (Wildman–Crippen LogP) is 2.98. The maximum Gasteiger partial charge on any atom is 0.354 e. The Hall–Kier alpha value is -3.68. The molecule has 8 nitrogen and oxygen atoms in total. The molecule has 0 saturated heterocycles. The van der Waals surface area contributed by atoms with Gasteiger partial charge in [-0.05, 0) is 48.4 Å². The lowest BCUT2D eigenvalue weighted by atomic mass is 10.1. The first-order valence-corrected chi connectivity index (χ1v) is 9.57. The van der Waals surface area contributed by atoms with E-state index in [0.29, 0.717) is 34.1 Å². The van der Waals surface area contributed by atoms with Gasteiger partial charge in [-0.2, -0.15) is 0 Å². The summed E-state index contributed by atoms with van der Waals surface area (Å²) < 4.78 is 26.1. The van der Waals surface area contributed by atoms with Gasteiger partial charge in [0.2, 0.25) is 5.91 Å². The van der Waals surface area contributed by atoms with Crippen LogP contribution in [-0.2, 0) is 20.7 Å². The zero-order valence-electron chi connectivity index (χ0n) is 18.3. The third-order valence-electron chi connectivity index (χ3n) is 4.30. The normalized spacial score (nSPS) is 10.8. The molecule has 0 saturated carbocycles. The number of benzene rings is 2. The third-order valence-corrected chi connectivity index (χ3v) is 4.30. The van der Waals surface area contributed by atoms with E-state index in [1.807, 2.05) is 0 Å². The Morgan fingerprint density at radius 1 is 0.839 bits per heavy atom.